The number of nitrogens with two attached hydrogens (primary N) is 1. The second-order valence-corrected chi connectivity index (χ2v) is 5.98. The molecule has 0 aliphatic carbocycles. The highest BCUT2D eigenvalue weighted by Crippen LogP contribution is 2.22. The lowest BCUT2D eigenvalue weighted by Crippen LogP contribution is -2.15. The van der Waals surface area contributed by atoms with Crippen LogP contribution < -0.4 is 5.14 Å². The van der Waals surface area contributed by atoms with Crippen LogP contribution in [0.1, 0.15) is 23.6 Å². The average molecular weight is 275 g/mol. The number of primary sulfonamides is 1. The van der Waals surface area contributed by atoms with E-state index in [0.717, 1.165) is 16.7 Å². The zero-order valence-corrected chi connectivity index (χ0v) is 11.7. The molecule has 19 heavy (non-hydrogen) atoms. The van der Waals surface area contributed by atoms with E-state index in [1.165, 1.54) is 0 Å². The first kappa shape index (κ1) is 13.8. The molecule has 2 aromatic rings. The first-order chi connectivity index (χ1) is 9.02. The van der Waals surface area contributed by atoms with Crippen molar-refractivity contribution in [2.24, 2.45) is 5.14 Å². The minimum Gasteiger partial charge on any atom is -0.225 e. The number of benzene rings is 2. The molecule has 4 heteroatoms. The van der Waals surface area contributed by atoms with Crippen LogP contribution in [0.5, 0.6) is 0 Å². The van der Waals surface area contributed by atoms with E-state index in [9.17, 15) is 8.42 Å². The largest absolute Gasteiger partial charge is 0.238 e. The van der Waals surface area contributed by atoms with Crippen molar-refractivity contribution in [1.82, 2.24) is 0 Å². The number of rotatable bonds is 4. The lowest BCUT2D eigenvalue weighted by Gasteiger charge is -2.12. The molecule has 0 saturated heterocycles. The van der Waals surface area contributed by atoms with Crippen molar-refractivity contribution in [3.63, 3.8) is 0 Å². The van der Waals surface area contributed by atoms with Gasteiger partial charge in [-0.3, -0.25) is 0 Å². The molecule has 0 aliphatic heterocycles. The van der Waals surface area contributed by atoms with Crippen molar-refractivity contribution in [3.8, 4) is 0 Å². The third-order valence-electron chi connectivity index (χ3n) is 3.13. The van der Waals surface area contributed by atoms with Crippen LogP contribution in [-0.4, -0.2) is 8.42 Å². The van der Waals surface area contributed by atoms with Gasteiger partial charge in [0.05, 0.1) is 4.90 Å². The van der Waals surface area contributed by atoms with E-state index in [1.807, 2.05) is 43.3 Å². The Kier molecular flexibility index (Phi) is 4.02. The van der Waals surface area contributed by atoms with Gasteiger partial charge in [-0.15, -0.1) is 0 Å². The van der Waals surface area contributed by atoms with E-state index >= 15 is 0 Å². The highest BCUT2D eigenvalue weighted by atomic mass is 32.2. The first-order valence-corrected chi connectivity index (χ1v) is 7.74. The van der Waals surface area contributed by atoms with E-state index in [2.05, 4.69) is 0 Å². The molecule has 0 fully saturated rings. The minimum absolute atomic E-state index is 0.239. The minimum atomic E-state index is -3.66. The van der Waals surface area contributed by atoms with Crippen LogP contribution in [-0.2, 0) is 22.9 Å². The maximum atomic E-state index is 11.6. The predicted octanol–water partition coefficient (Wildman–Crippen LogP) is 2.49. The Bertz CT molecular complexity index is 664. The molecule has 0 saturated carbocycles. The second-order valence-electron chi connectivity index (χ2n) is 4.45. The highest BCUT2D eigenvalue weighted by Gasteiger charge is 2.15. The van der Waals surface area contributed by atoms with E-state index in [0.29, 0.717) is 12.8 Å². The molecule has 2 aromatic carbocycles. The molecule has 0 radical (unpaired) electrons. The van der Waals surface area contributed by atoms with Crippen LogP contribution in [0.25, 0.3) is 0 Å². The van der Waals surface area contributed by atoms with Crippen LogP contribution in [0.3, 0.4) is 0 Å². The summed E-state index contributed by atoms with van der Waals surface area (Å²) < 4.78 is 23.2. The Hall–Kier alpha value is -1.65. The van der Waals surface area contributed by atoms with Crippen molar-refractivity contribution in [1.29, 1.82) is 0 Å². The molecule has 0 aromatic heterocycles. The zero-order chi connectivity index (χ0) is 13.9. The Morgan fingerprint density at radius 3 is 2.26 bits per heavy atom. The van der Waals surface area contributed by atoms with Crippen molar-refractivity contribution < 1.29 is 8.42 Å². The Morgan fingerprint density at radius 1 is 1.00 bits per heavy atom. The topological polar surface area (TPSA) is 60.2 Å². The summed E-state index contributed by atoms with van der Waals surface area (Å²) in [4.78, 5) is 0.239. The molecule has 2 N–H and O–H groups in total. The smallest absolute Gasteiger partial charge is 0.225 e. The second kappa shape index (κ2) is 5.55. The molecule has 0 bridgehead atoms. The fraction of sp³-hybridized carbons (Fsp3) is 0.200. The summed E-state index contributed by atoms with van der Waals surface area (Å²) in [6.07, 6.45) is 1.36. The molecule has 100 valence electrons. The Morgan fingerprint density at radius 2 is 1.68 bits per heavy atom. The summed E-state index contributed by atoms with van der Waals surface area (Å²) >= 11 is 0. The maximum absolute atomic E-state index is 11.6. The Labute approximate surface area is 114 Å². The average Bonchev–Trinajstić information content (AvgIpc) is 2.38. The lowest BCUT2D eigenvalue weighted by molar-refractivity contribution is 0.596. The molecule has 0 unspecified atom stereocenters. The van der Waals surface area contributed by atoms with E-state index < -0.39 is 10.0 Å². The molecule has 0 heterocycles. The third-order valence-corrected chi connectivity index (χ3v) is 4.12. The predicted molar refractivity (Wildman–Crippen MR) is 76.4 cm³/mol. The molecule has 0 spiro atoms. The summed E-state index contributed by atoms with van der Waals surface area (Å²) in [6.45, 7) is 1.94. The van der Waals surface area contributed by atoms with Gasteiger partial charge in [0.2, 0.25) is 10.0 Å². The van der Waals surface area contributed by atoms with Gasteiger partial charge in [-0.25, -0.2) is 13.6 Å². The van der Waals surface area contributed by atoms with Crippen molar-refractivity contribution in [3.05, 3.63) is 65.2 Å². The van der Waals surface area contributed by atoms with Gasteiger partial charge in [0, 0.05) is 0 Å². The van der Waals surface area contributed by atoms with Crippen LogP contribution in [0, 0.1) is 0 Å². The molecular formula is C15H17NO2S. The van der Waals surface area contributed by atoms with Crippen molar-refractivity contribution in [2.75, 3.05) is 0 Å². The lowest BCUT2D eigenvalue weighted by atomic mass is 9.98. The number of hydrogen-bond donors (Lipinski definition) is 1. The van der Waals surface area contributed by atoms with Gasteiger partial charge >= 0.3 is 0 Å². The molecule has 0 atom stereocenters. The van der Waals surface area contributed by atoms with Gasteiger partial charge in [-0.2, -0.15) is 0 Å². The monoisotopic (exact) mass is 275 g/mol. The third kappa shape index (κ3) is 3.22. The van der Waals surface area contributed by atoms with Crippen molar-refractivity contribution in [2.45, 2.75) is 24.7 Å². The fourth-order valence-corrected chi connectivity index (χ4v) is 3.15. The highest BCUT2D eigenvalue weighted by molar-refractivity contribution is 7.89. The summed E-state index contributed by atoms with van der Waals surface area (Å²) in [5, 5.41) is 5.27. The molecule has 0 amide bonds. The molecule has 2 rings (SSSR count). The normalized spacial score (nSPS) is 11.5. The van der Waals surface area contributed by atoms with E-state index in [4.69, 9.17) is 5.14 Å². The number of hydrogen-bond acceptors (Lipinski definition) is 2. The van der Waals surface area contributed by atoms with E-state index in [1.54, 1.807) is 12.1 Å². The molecular weight excluding hydrogens is 258 g/mol. The van der Waals surface area contributed by atoms with Gasteiger partial charge in [-0.1, -0.05) is 49.4 Å². The molecule has 0 aliphatic rings. The van der Waals surface area contributed by atoms with Crippen LogP contribution >= 0.6 is 0 Å². The van der Waals surface area contributed by atoms with Gasteiger partial charge in [-0.05, 0) is 35.6 Å². The van der Waals surface area contributed by atoms with Gasteiger partial charge in [0.1, 0.15) is 0 Å². The summed E-state index contributed by atoms with van der Waals surface area (Å²) in [7, 11) is -3.66. The fourth-order valence-electron chi connectivity index (χ4n) is 2.26. The van der Waals surface area contributed by atoms with Crippen LogP contribution in [0.4, 0.5) is 0 Å². The summed E-state index contributed by atoms with van der Waals surface area (Å²) in [5.74, 6) is 0. The zero-order valence-electron chi connectivity index (χ0n) is 10.8. The SMILES string of the molecule is CCc1c(Cc2ccccc2)cccc1S(N)(=O)=O. The van der Waals surface area contributed by atoms with Crippen molar-refractivity contribution >= 4 is 10.0 Å². The van der Waals surface area contributed by atoms with Gasteiger partial charge < -0.3 is 0 Å². The quantitative estimate of drug-likeness (QED) is 0.932. The van der Waals surface area contributed by atoms with Crippen LogP contribution in [0.15, 0.2) is 53.4 Å². The summed E-state index contributed by atoms with van der Waals surface area (Å²) in [5.41, 5.74) is 2.98. The standard InChI is InChI=1S/C15H17NO2S/c1-2-14-13(11-12-7-4-3-5-8-12)9-6-10-15(14)19(16,17)18/h3-10H,2,11H2,1H3,(H2,16,17,18). The summed E-state index contributed by atoms with van der Waals surface area (Å²) in [6, 6.07) is 15.3. The van der Waals surface area contributed by atoms with Crippen LogP contribution in [0.2, 0.25) is 0 Å². The van der Waals surface area contributed by atoms with E-state index in [-0.39, 0.29) is 4.90 Å². The maximum Gasteiger partial charge on any atom is 0.238 e. The molecule has 3 nitrogen and oxygen atoms in total. The number of sulfonamides is 1. The van der Waals surface area contributed by atoms with Gasteiger partial charge in [0.25, 0.3) is 0 Å². The Balaban J connectivity index is 2.47. The van der Waals surface area contributed by atoms with Gasteiger partial charge in [0.15, 0.2) is 0 Å². The first-order valence-electron chi connectivity index (χ1n) is 6.20.